The number of aromatic nitrogens is 1. The molecule has 8 nitrogen and oxygen atoms in total. The number of rotatable bonds is 8. The minimum atomic E-state index is -3.53. The molecule has 0 saturated heterocycles. The minimum absolute atomic E-state index is 0.143. The number of anilines is 1. The molecule has 3 N–H and O–H groups in total. The Hall–Kier alpha value is -3.30. The van der Waals surface area contributed by atoms with Crippen LogP contribution in [0, 0.1) is 11.8 Å². The number of hydrogen-bond donors (Lipinski definition) is 3. The van der Waals surface area contributed by atoms with Gasteiger partial charge in [-0.15, -0.1) is 0 Å². The van der Waals surface area contributed by atoms with Gasteiger partial charge in [-0.1, -0.05) is 24.3 Å². The van der Waals surface area contributed by atoms with Crippen LogP contribution in [0.15, 0.2) is 71.8 Å². The first-order chi connectivity index (χ1) is 16.8. The first-order valence-corrected chi connectivity index (χ1v) is 13.3. The molecule has 0 aliphatic heterocycles. The van der Waals surface area contributed by atoms with Crippen molar-refractivity contribution < 1.29 is 18.0 Å². The summed E-state index contributed by atoms with van der Waals surface area (Å²) < 4.78 is 27.5. The van der Waals surface area contributed by atoms with Crippen molar-refractivity contribution in [3.05, 3.63) is 66.9 Å². The van der Waals surface area contributed by atoms with E-state index in [-0.39, 0.29) is 28.5 Å². The van der Waals surface area contributed by atoms with Crippen LogP contribution in [0.2, 0.25) is 0 Å². The Kier molecular flexibility index (Phi) is 7.77. The zero-order valence-corrected chi connectivity index (χ0v) is 20.4. The van der Waals surface area contributed by atoms with E-state index >= 15 is 0 Å². The Balaban J connectivity index is 1.24. The number of hydrogen-bond acceptors (Lipinski definition) is 5. The van der Waals surface area contributed by atoms with Crippen molar-refractivity contribution in [3.63, 3.8) is 0 Å². The second-order valence-corrected chi connectivity index (χ2v) is 10.7. The molecule has 1 fully saturated rings. The highest BCUT2D eigenvalue weighted by Gasteiger charge is 2.29. The molecule has 1 saturated carbocycles. The Bertz CT molecular complexity index is 1280. The standard InChI is InChI=1S/C26H30N4O4S/c1-18(25(31)30-24-11-5-10-23-22(24)9-6-16-27-23)29-26(32)20-14-12-19(13-15-20)17-28-35(33,34)21-7-3-2-4-8-21/h2-11,16,18-20,28H,12-15,17H2,1H3,(H,29,32)(H,30,31)/t18-,19?,20?/m0/s1. The van der Waals surface area contributed by atoms with Crippen LogP contribution in [0.25, 0.3) is 10.9 Å². The van der Waals surface area contributed by atoms with Gasteiger partial charge in [-0.05, 0) is 74.9 Å². The Morgan fingerprint density at radius 2 is 1.71 bits per heavy atom. The summed E-state index contributed by atoms with van der Waals surface area (Å²) in [7, 11) is -3.53. The number of carbonyl (C=O) groups is 2. The van der Waals surface area contributed by atoms with E-state index in [9.17, 15) is 18.0 Å². The highest BCUT2D eigenvalue weighted by molar-refractivity contribution is 7.89. The Morgan fingerprint density at radius 1 is 0.971 bits per heavy atom. The normalized spacial score (nSPS) is 19.1. The lowest BCUT2D eigenvalue weighted by atomic mass is 9.81. The summed E-state index contributed by atoms with van der Waals surface area (Å²) in [5.41, 5.74) is 1.44. The van der Waals surface area contributed by atoms with E-state index in [1.165, 1.54) is 0 Å². The van der Waals surface area contributed by atoms with Gasteiger partial charge < -0.3 is 10.6 Å². The molecular weight excluding hydrogens is 464 g/mol. The van der Waals surface area contributed by atoms with Crippen LogP contribution in [-0.4, -0.2) is 37.8 Å². The van der Waals surface area contributed by atoms with E-state index in [2.05, 4.69) is 20.3 Å². The fourth-order valence-corrected chi connectivity index (χ4v) is 5.53. The third kappa shape index (κ3) is 6.23. The highest BCUT2D eigenvalue weighted by Crippen LogP contribution is 2.29. The van der Waals surface area contributed by atoms with Gasteiger partial charge in [-0.2, -0.15) is 0 Å². The summed E-state index contributed by atoms with van der Waals surface area (Å²) in [4.78, 5) is 30.0. The van der Waals surface area contributed by atoms with Gasteiger partial charge in [0.15, 0.2) is 0 Å². The molecule has 184 valence electrons. The molecule has 9 heteroatoms. The van der Waals surface area contributed by atoms with Gasteiger partial charge in [-0.25, -0.2) is 13.1 Å². The number of carbonyl (C=O) groups excluding carboxylic acids is 2. The van der Waals surface area contributed by atoms with Crippen LogP contribution >= 0.6 is 0 Å². The van der Waals surface area contributed by atoms with Crippen molar-refractivity contribution in [2.45, 2.75) is 43.5 Å². The van der Waals surface area contributed by atoms with E-state index in [1.807, 2.05) is 30.3 Å². The van der Waals surface area contributed by atoms with E-state index in [1.54, 1.807) is 43.5 Å². The number of nitrogens with zero attached hydrogens (tertiary/aromatic N) is 1. The minimum Gasteiger partial charge on any atom is -0.344 e. The van der Waals surface area contributed by atoms with Gasteiger partial charge in [0.05, 0.1) is 16.1 Å². The maximum Gasteiger partial charge on any atom is 0.246 e. The monoisotopic (exact) mass is 494 g/mol. The largest absolute Gasteiger partial charge is 0.344 e. The van der Waals surface area contributed by atoms with Gasteiger partial charge in [0.1, 0.15) is 6.04 Å². The van der Waals surface area contributed by atoms with Gasteiger partial charge in [0.2, 0.25) is 21.8 Å². The number of fused-ring (bicyclic) bond motifs is 1. The molecule has 1 heterocycles. The van der Waals surface area contributed by atoms with Crippen LogP contribution in [0.4, 0.5) is 5.69 Å². The number of sulfonamides is 1. The van der Waals surface area contributed by atoms with E-state index in [4.69, 9.17) is 0 Å². The second kappa shape index (κ2) is 11.0. The molecule has 1 aliphatic carbocycles. The molecule has 1 aromatic heterocycles. The van der Waals surface area contributed by atoms with E-state index < -0.39 is 16.1 Å². The molecule has 0 radical (unpaired) electrons. The summed E-state index contributed by atoms with van der Waals surface area (Å²) in [6.07, 6.45) is 4.52. The van der Waals surface area contributed by atoms with Gasteiger partial charge >= 0.3 is 0 Å². The number of amides is 2. The number of nitrogens with one attached hydrogen (secondary N) is 3. The zero-order chi connectivity index (χ0) is 24.8. The van der Waals surface area contributed by atoms with Crippen molar-refractivity contribution in [2.24, 2.45) is 11.8 Å². The van der Waals surface area contributed by atoms with Gasteiger partial charge in [0.25, 0.3) is 0 Å². The molecule has 3 aromatic rings. The molecule has 0 bridgehead atoms. The topological polar surface area (TPSA) is 117 Å². The van der Waals surface area contributed by atoms with Crippen molar-refractivity contribution in [2.75, 3.05) is 11.9 Å². The summed E-state index contributed by atoms with van der Waals surface area (Å²) in [5, 5.41) is 6.55. The fourth-order valence-electron chi connectivity index (χ4n) is 4.39. The fraction of sp³-hybridized carbons (Fsp3) is 0.346. The van der Waals surface area contributed by atoms with Crippen molar-refractivity contribution >= 4 is 38.4 Å². The highest BCUT2D eigenvalue weighted by atomic mass is 32.2. The molecular formula is C26H30N4O4S. The molecule has 4 rings (SSSR count). The van der Waals surface area contributed by atoms with Crippen LogP contribution < -0.4 is 15.4 Å². The van der Waals surface area contributed by atoms with Gasteiger partial charge in [0, 0.05) is 24.0 Å². The zero-order valence-electron chi connectivity index (χ0n) is 19.6. The maximum absolute atomic E-state index is 12.8. The quantitative estimate of drug-likeness (QED) is 0.443. The predicted octanol–water partition coefficient (Wildman–Crippen LogP) is 3.46. The van der Waals surface area contributed by atoms with Crippen LogP contribution in [0.3, 0.4) is 0 Å². The first-order valence-electron chi connectivity index (χ1n) is 11.8. The second-order valence-electron chi connectivity index (χ2n) is 8.98. The van der Waals surface area contributed by atoms with E-state index in [0.717, 1.165) is 23.7 Å². The van der Waals surface area contributed by atoms with E-state index in [0.29, 0.717) is 25.1 Å². The van der Waals surface area contributed by atoms with Crippen LogP contribution in [0.1, 0.15) is 32.6 Å². The lowest BCUT2D eigenvalue weighted by Crippen LogP contribution is -2.45. The average molecular weight is 495 g/mol. The third-order valence-electron chi connectivity index (χ3n) is 6.49. The van der Waals surface area contributed by atoms with Crippen LogP contribution in [-0.2, 0) is 19.6 Å². The number of pyridine rings is 1. The van der Waals surface area contributed by atoms with Crippen molar-refractivity contribution in [1.82, 2.24) is 15.0 Å². The van der Waals surface area contributed by atoms with Gasteiger partial charge in [-0.3, -0.25) is 14.6 Å². The smallest absolute Gasteiger partial charge is 0.246 e. The van der Waals surface area contributed by atoms with Crippen molar-refractivity contribution in [3.8, 4) is 0 Å². The molecule has 0 unspecified atom stereocenters. The van der Waals surface area contributed by atoms with Crippen molar-refractivity contribution in [1.29, 1.82) is 0 Å². The SMILES string of the molecule is C[C@H](NC(=O)C1CCC(CNS(=O)(=O)c2ccccc2)CC1)C(=O)Nc1cccc2ncccc12. The predicted molar refractivity (Wildman–Crippen MR) is 135 cm³/mol. The molecule has 2 aromatic carbocycles. The number of benzene rings is 2. The summed E-state index contributed by atoms with van der Waals surface area (Å²) in [5.74, 6) is -0.443. The summed E-state index contributed by atoms with van der Waals surface area (Å²) in [6, 6.07) is 16.8. The summed E-state index contributed by atoms with van der Waals surface area (Å²) in [6.45, 7) is 2.02. The lowest BCUT2D eigenvalue weighted by molar-refractivity contribution is -0.129. The molecule has 0 spiro atoms. The lowest BCUT2D eigenvalue weighted by Gasteiger charge is -2.28. The molecule has 2 amide bonds. The average Bonchev–Trinajstić information content (AvgIpc) is 2.88. The molecule has 1 aliphatic rings. The Morgan fingerprint density at radius 3 is 2.46 bits per heavy atom. The summed E-state index contributed by atoms with van der Waals surface area (Å²) >= 11 is 0. The maximum atomic E-state index is 12.8. The first kappa shape index (κ1) is 24.8. The van der Waals surface area contributed by atoms with Crippen LogP contribution in [0.5, 0.6) is 0 Å². The molecule has 35 heavy (non-hydrogen) atoms. The Labute approximate surface area is 205 Å². The molecule has 1 atom stereocenters. The third-order valence-corrected chi connectivity index (χ3v) is 7.93.